The second-order valence-corrected chi connectivity index (χ2v) is 10.4. The van der Waals surface area contributed by atoms with Crippen LogP contribution in [0.1, 0.15) is 40.7 Å². The van der Waals surface area contributed by atoms with E-state index in [9.17, 15) is 4.79 Å². The van der Waals surface area contributed by atoms with E-state index in [1.807, 2.05) is 24.3 Å². The van der Waals surface area contributed by atoms with E-state index in [-0.39, 0.29) is 5.91 Å². The summed E-state index contributed by atoms with van der Waals surface area (Å²) in [5.74, 6) is 0.651. The van der Waals surface area contributed by atoms with Crippen molar-refractivity contribution in [1.82, 2.24) is 15.2 Å². The molecule has 1 aromatic heterocycles. The highest BCUT2D eigenvalue weighted by molar-refractivity contribution is 6.05. The largest absolute Gasteiger partial charge is 0.378 e. The Bertz CT molecular complexity index is 1240. The molecular weight excluding hydrogens is 488 g/mol. The number of hydrogen-bond acceptors (Lipinski definition) is 7. The van der Waals surface area contributed by atoms with Gasteiger partial charge in [0, 0.05) is 48.5 Å². The molecule has 3 N–H and O–H groups in total. The Morgan fingerprint density at radius 2 is 1.82 bits per heavy atom. The van der Waals surface area contributed by atoms with Crippen molar-refractivity contribution in [1.29, 1.82) is 0 Å². The van der Waals surface area contributed by atoms with Crippen LogP contribution in [0.5, 0.6) is 0 Å². The van der Waals surface area contributed by atoms with Crippen LogP contribution in [0.2, 0.25) is 0 Å². The fourth-order valence-corrected chi connectivity index (χ4v) is 5.14. The van der Waals surface area contributed by atoms with Crippen molar-refractivity contribution < 1.29 is 9.53 Å². The van der Waals surface area contributed by atoms with Gasteiger partial charge in [0.25, 0.3) is 5.91 Å². The number of carbonyl (C=O) groups is 1. The van der Waals surface area contributed by atoms with Crippen LogP contribution in [0.3, 0.4) is 0 Å². The number of rotatable bonds is 11. The SMILES string of the molecule is Cc1ccc(NC(=O)c2ccnc(N3CCOCC3)c2)cc1Nc1cccc(CNCCCN2CCCC2)c1. The topological polar surface area (TPSA) is 81.8 Å². The number of benzene rings is 2. The van der Waals surface area contributed by atoms with E-state index < -0.39 is 0 Å². The number of hydrogen-bond donors (Lipinski definition) is 3. The minimum absolute atomic E-state index is 0.153. The normalized spacial score (nSPS) is 15.9. The van der Waals surface area contributed by atoms with Crippen molar-refractivity contribution in [3.63, 3.8) is 0 Å². The number of amides is 1. The Morgan fingerprint density at radius 3 is 2.67 bits per heavy atom. The second-order valence-electron chi connectivity index (χ2n) is 10.4. The van der Waals surface area contributed by atoms with Crippen molar-refractivity contribution in [2.75, 3.05) is 68.0 Å². The number of nitrogens with zero attached hydrogens (tertiary/aromatic N) is 3. The molecule has 1 amide bonds. The lowest BCUT2D eigenvalue weighted by molar-refractivity contribution is 0.102. The molecule has 2 aromatic carbocycles. The number of aromatic nitrogens is 1. The summed E-state index contributed by atoms with van der Waals surface area (Å²) in [6.45, 7) is 10.6. The van der Waals surface area contributed by atoms with Crippen LogP contribution in [-0.2, 0) is 11.3 Å². The van der Waals surface area contributed by atoms with Gasteiger partial charge in [0.2, 0.25) is 0 Å². The van der Waals surface area contributed by atoms with E-state index >= 15 is 0 Å². The van der Waals surface area contributed by atoms with Gasteiger partial charge in [-0.25, -0.2) is 4.98 Å². The maximum absolute atomic E-state index is 13.1. The molecule has 2 aliphatic rings. The maximum Gasteiger partial charge on any atom is 0.255 e. The predicted molar refractivity (Wildman–Crippen MR) is 158 cm³/mol. The van der Waals surface area contributed by atoms with Gasteiger partial charge in [0.05, 0.1) is 13.2 Å². The van der Waals surface area contributed by atoms with E-state index in [1.54, 1.807) is 12.3 Å². The maximum atomic E-state index is 13.1. The lowest BCUT2D eigenvalue weighted by Crippen LogP contribution is -2.36. The predicted octanol–water partition coefficient (Wildman–Crippen LogP) is 4.80. The van der Waals surface area contributed by atoms with E-state index in [4.69, 9.17) is 4.74 Å². The Labute approximate surface area is 231 Å². The van der Waals surface area contributed by atoms with Crippen molar-refractivity contribution in [2.24, 2.45) is 0 Å². The molecular formula is C31H40N6O2. The quantitative estimate of drug-likeness (QED) is 0.309. The summed E-state index contributed by atoms with van der Waals surface area (Å²) in [6.07, 6.45) is 5.58. The zero-order valence-corrected chi connectivity index (χ0v) is 22.9. The molecule has 0 radical (unpaired) electrons. The first-order valence-electron chi connectivity index (χ1n) is 14.1. The lowest BCUT2D eigenvalue weighted by Gasteiger charge is -2.27. The van der Waals surface area contributed by atoms with Crippen LogP contribution in [0, 0.1) is 6.92 Å². The van der Waals surface area contributed by atoms with Gasteiger partial charge in [-0.1, -0.05) is 18.2 Å². The van der Waals surface area contributed by atoms with E-state index in [1.165, 1.54) is 44.5 Å². The molecule has 0 saturated carbocycles. The van der Waals surface area contributed by atoms with Gasteiger partial charge in [-0.15, -0.1) is 0 Å². The molecule has 8 heteroatoms. The van der Waals surface area contributed by atoms with Crippen molar-refractivity contribution in [3.05, 3.63) is 77.5 Å². The molecule has 2 fully saturated rings. The van der Waals surface area contributed by atoms with Gasteiger partial charge >= 0.3 is 0 Å². The fraction of sp³-hybridized carbons (Fsp3) is 0.419. The van der Waals surface area contributed by atoms with E-state index in [0.29, 0.717) is 18.8 Å². The zero-order chi connectivity index (χ0) is 26.9. The van der Waals surface area contributed by atoms with Gasteiger partial charge < -0.3 is 30.5 Å². The van der Waals surface area contributed by atoms with Crippen LogP contribution in [0.4, 0.5) is 22.9 Å². The van der Waals surface area contributed by atoms with Gasteiger partial charge in [-0.2, -0.15) is 0 Å². The van der Waals surface area contributed by atoms with Crippen molar-refractivity contribution in [3.8, 4) is 0 Å². The highest BCUT2D eigenvalue weighted by Gasteiger charge is 2.15. The second kappa shape index (κ2) is 13.6. The number of pyridine rings is 1. The first kappa shape index (κ1) is 27.1. The summed E-state index contributed by atoms with van der Waals surface area (Å²) in [6, 6.07) is 18.0. The summed E-state index contributed by atoms with van der Waals surface area (Å²) in [5, 5.41) is 10.2. The smallest absolute Gasteiger partial charge is 0.255 e. The lowest BCUT2D eigenvalue weighted by atomic mass is 10.1. The molecule has 2 aliphatic heterocycles. The molecule has 8 nitrogen and oxygen atoms in total. The number of morpholine rings is 1. The van der Waals surface area contributed by atoms with Gasteiger partial charge in [0.1, 0.15) is 5.82 Å². The summed E-state index contributed by atoms with van der Waals surface area (Å²) in [7, 11) is 0. The Hall–Kier alpha value is -3.46. The minimum atomic E-state index is -0.153. The molecule has 5 rings (SSSR count). The molecule has 3 aromatic rings. The average Bonchev–Trinajstić information content (AvgIpc) is 3.49. The van der Waals surface area contributed by atoms with Crippen LogP contribution in [0.15, 0.2) is 60.8 Å². The van der Waals surface area contributed by atoms with Crippen LogP contribution < -0.4 is 20.9 Å². The number of nitrogens with one attached hydrogen (secondary N) is 3. The summed E-state index contributed by atoms with van der Waals surface area (Å²) in [5.41, 5.74) is 5.68. The van der Waals surface area contributed by atoms with Gasteiger partial charge in [0.15, 0.2) is 0 Å². The molecule has 39 heavy (non-hydrogen) atoms. The molecule has 3 heterocycles. The first-order chi connectivity index (χ1) is 19.1. The van der Waals surface area contributed by atoms with E-state index in [0.717, 1.165) is 54.6 Å². The third-order valence-corrected chi connectivity index (χ3v) is 7.40. The first-order valence-corrected chi connectivity index (χ1v) is 14.1. The third-order valence-electron chi connectivity index (χ3n) is 7.40. The molecule has 206 valence electrons. The van der Waals surface area contributed by atoms with Crippen LogP contribution in [0.25, 0.3) is 0 Å². The number of carbonyl (C=O) groups excluding carboxylic acids is 1. The van der Waals surface area contributed by atoms with Gasteiger partial charge in [-0.05, 0) is 99.9 Å². The minimum Gasteiger partial charge on any atom is -0.378 e. The van der Waals surface area contributed by atoms with Crippen molar-refractivity contribution >= 4 is 28.8 Å². The van der Waals surface area contributed by atoms with E-state index in [2.05, 4.69) is 61.9 Å². The number of ether oxygens (including phenoxy) is 1. The van der Waals surface area contributed by atoms with Crippen LogP contribution >= 0.6 is 0 Å². The fourth-order valence-electron chi connectivity index (χ4n) is 5.14. The third kappa shape index (κ3) is 7.79. The Morgan fingerprint density at radius 1 is 0.974 bits per heavy atom. The standard InChI is InChI=1S/C31H40N6O2/c1-24-8-9-28(35-31(38)26-10-12-33-30(21-26)37-16-18-39-19-17-37)22-29(24)34-27-7-4-6-25(20-27)23-32-11-5-15-36-13-2-3-14-36/h4,6-10,12,20-22,32,34H,2-3,5,11,13-19,23H2,1H3,(H,35,38). The summed E-state index contributed by atoms with van der Waals surface area (Å²) < 4.78 is 5.43. The Kier molecular flexibility index (Phi) is 9.43. The summed E-state index contributed by atoms with van der Waals surface area (Å²) >= 11 is 0. The zero-order valence-electron chi connectivity index (χ0n) is 22.9. The molecule has 0 unspecified atom stereocenters. The Balaban J connectivity index is 1.16. The number of aryl methyl sites for hydroxylation is 1. The number of anilines is 4. The molecule has 0 bridgehead atoms. The molecule has 0 spiro atoms. The van der Waals surface area contributed by atoms with Crippen molar-refractivity contribution in [2.45, 2.75) is 32.7 Å². The molecule has 0 aliphatic carbocycles. The average molecular weight is 529 g/mol. The highest BCUT2D eigenvalue weighted by atomic mass is 16.5. The molecule has 2 saturated heterocycles. The summed E-state index contributed by atoms with van der Waals surface area (Å²) in [4.78, 5) is 22.2. The number of likely N-dealkylation sites (tertiary alicyclic amines) is 1. The molecule has 0 atom stereocenters. The monoisotopic (exact) mass is 528 g/mol. The van der Waals surface area contributed by atoms with Gasteiger partial charge in [-0.3, -0.25) is 4.79 Å². The highest BCUT2D eigenvalue weighted by Crippen LogP contribution is 2.25. The van der Waals surface area contributed by atoms with Crippen LogP contribution in [-0.4, -0.2) is 68.3 Å².